The molecule has 1 atom stereocenters. The van der Waals surface area contributed by atoms with Crippen LogP contribution >= 0.6 is 15.9 Å². The van der Waals surface area contributed by atoms with Crippen LogP contribution < -0.4 is 14.4 Å². The van der Waals surface area contributed by atoms with Gasteiger partial charge in [-0.2, -0.15) is 0 Å². The number of carbonyl (C=O) groups is 2. The Hall–Kier alpha value is -3.37. The van der Waals surface area contributed by atoms with E-state index in [9.17, 15) is 18.0 Å². The van der Waals surface area contributed by atoms with E-state index < -0.39 is 28.5 Å². The highest BCUT2D eigenvalue weighted by molar-refractivity contribution is 9.10. The lowest BCUT2D eigenvalue weighted by atomic mass is 10.1. The quantitative estimate of drug-likeness (QED) is 0.244. The number of rotatable bonds is 14. The Morgan fingerprint density at radius 3 is 2.12 bits per heavy atom. The van der Waals surface area contributed by atoms with E-state index in [4.69, 9.17) is 4.74 Å². The average Bonchev–Trinajstić information content (AvgIpc) is 2.96. The van der Waals surface area contributed by atoms with Crippen molar-refractivity contribution in [3.05, 3.63) is 88.4 Å². The van der Waals surface area contributed by atoms with Gasteiger partial charge in [0, 0.05) is 17.6 Å². The smallest absolute Gasteiger partial charge is 0.264 e. The van der Waals surface area contributed by atoms with Crippen LogP contribution in [0.3, 0.4) is 0 Å². The van der Waals surface area contributed by atoms with E-state index in [0.717, 1.165) is 26.3 Å². The van der Waals surface area contributed by atoms with Crippen LogP contribution in [0, 0.1) is 6.92 Å². The lowest BCUT2D eigenvalue weighted by molar-refractivity contribution is -0.140. The molecule has 2 amide bonds. The summed E-state index contributed by atoms with van der Waals surface area (Å²) in [4.78, 5) is 28.8. The Bertz CT molecular complexity index is 1400. The number of aryl methyl sites for hydroxylation is 1. The Morgan fingerprint density at radius 2 is 1.56 bits per heavy atom. The molecule has 3 rings (SSSR count). The van der Waals surface area contributed by atoms with Gasteiger partial charge in [-0.3, -0.25) is 13.9 Å². The minimum absolute atomic E-state index is 0.0419. The van der Waals surface area contributed by atoms with Gasteiger partial charge in [0.1, 0.15) is 18.3 Å². The second kappa shape index (κ2) is 15.0. The zero-order chi connectivity index (χ0) is 30.0. The molecule has 220 valence electrons. The van der Waals surface area contributed by atoms with Crippen molar-refractivity contribution in [2.24, 2.45) is 0 Å². The van der Waals surface area contributed by atoms with E-state index in [1.165, 1.54) is 17.0 Å². The van der Waals surface area contributed by atoms with Gasteiger partial charge in [0.15, 0.2) is 0 Å². The van der Waals surface area contributed by atoms with Gasteiger partial charge < -0.3 is 15.0 Å². The van der Waals surface area contributed by atoms with Crippen molar-refractivity contribution in [3.8, 4) is 5.75 Å². The van der Waals surface area contributed by atoms with Crippen LogP contribution in [0.5, 0.6) is 5.75 Å². The summed E-state index contributed by atoms with van der Waals surface area (Å²) in [7, 11) is -4.15. The highest BCUT2D eigenvalue weighted by atomic mass is 79.9. The number of nitrogens with zero attached hydrogens (tertiary/aromatic N) is 2. The fraction of sp³-hybridized carbons (Fsp3) is 0.355. The van der Waals surface area contributed by atoms with E-state index in [2.05, 4.69) is 21.2 Å². The first kappa shape index (κ1) is 32.1. The summed E-state index contributed by atoms with van der Waals surface area (Å²) in [5, 5.41) is 2.90. The number of benzene rings is 3. The maximum Gasteiger partial charge on any atom is 0.264 e. The molecule has 0 aliphatic heterocycles. The van der Waals surface area contributed by atoms with Gasteiger partial charge in [-0.05, 0) is 80.8 Å². The lowest BCUT2D eigenvalue weighted by Crippen LogP contribution is -2.52. The molecule has 1 N–H and O–H groups in total. The van der Waals surface area contributed by atoms with Gasteiger partial charge >= 0.3 is 0 Å². The third kappa shape index (κ3) is 8.56. The average molecular weight is 645 g/mol. The van der Waals surface area contributed by atoms with Gasteiger partial charge in [-0.1, -0.05) is 59.6 Å². The number of anilines is 1. The molecule has 0 aliphatic carbocycles. The second-order valence-electron chi connectivity index (χ2n) is 9.61. The summed E-state index contributed by atoms with van der Waals surface area (Å²) in [6, 6.07) is 19.8. The number of hydrogen-bond donors (Lipinski definition) is 1. The van der Waals surface area contributed by atoms with Crippen molar-refractivity contribution in [1.29, 1.82) is 0 Å². The monoisotopic (exact) mass is 643 g/mol. The summed E-state index contributed by atoms with van der Waals surface area (Å²) < 4.78 is 35.3. The SMILES string of the molecule is CCCNC(=O)C(CC)N(Cc1ccc(C)cc1)C(=O)CN(c1ccc(OCC)cc1)S(=O)(=O)c1ccc(Br)cc1. The first-order valence-corrected chi connectivity index (χ1v) is 16.0. The molecule has 1 unspecified atom stereocenters. The minimum Gasteiger partial charge on any atom is -0.494 e. The second-order valence-corrected chi connectivity index (χ2v) is 12.4. The maximum absolute atomic E-state index is 14.1. The molecular formula is C31H38BrN3O5S. The van der Waals surface area contributed by atoms with Crippen LogP contribution in [-0.2, 0) is 26.2 Å². The summed E-state index contributed by atoms with van der Waals surface area (Å²) in [5.74, 6) is -0.167. The van der Waals surface area contributed by atoms with Crippen LogP contribution in [0.4, 0.5) is 5.69 Å². The molecule has 0 radical (unpaired) electrons. The van der Waals surface area contributed by atoms with Gasteiger partial charge in [0.25, 0.3) is 10.0 Å². The fourth-order valence-corrected chi connectivity index (χ4v) is 5.99. The van der Waals surface area contributed by atoms with Crippen molar-refractivity contribution in [2.45, 2.75) is 58.0 Å². The number of carbonyl (C=O) groups excluding carboxylic acids is 2. The Balaban J connectivity index is 2.04. The standard InChI is InChI=1S/C31H38BrN3O5S/c1-5-20-33-31(37)29(6-2)34(21-24-10-8-23(4)9-11-24)30(36)22-35(26-14-16-27(17-15-26)40-7-3)41(38,39)28-18-12-25(32)13-19-28/h8-19,29H,5-7,20-22H2,1-4H3,(H,33,37). The third-order valence-electron chi connectivity index (χ3n) is 6.52. The molecule has 3 aromatic carbocycles. The Labute approximate surface area is 251 Å². The number of halogens is 1. The summed E-state index contributed by atoms with van der Waals surface area (Å²) in [5.41, 5.74) is 2.22. The van der Waals surface area contributed by atoms with Crippen LogP contribution in [-0.4, -0.2) is 50.9 Å². The zero-order valence-corrected chi connectivity index (χ0v) is 26.4. The molecule has 0 bridgehead atoms. The highest BCUT2D eigenvalue weighted by Crippen LogP contribution is 2.27. The molecule has 0 heterocycles. The molecule has 0 fully saturated rings. The van der Waals surface area contributed by atoms with Crippen molar-refractivity contribution < 1.29 is 22.7 Å². The lowest BCUT2D eigenvalue weighted by Gasteiger charge is -2.33. The molecule has 0 saturated heterocycles. The van der Waals surface area contributed by atoms with Gasteiger partial charge in [0.2, 0.25) is 11.8 Å². The predicted octanol–water partition coefficient (Wildman–Crippen LogP) is 5.69. The fourth-order valence-electron chi connectivity index (χ4n) is 4.31. The summed E-state index contributed by atoms with van der Waals surface area (Å²) in [6.45, 7) is 8.25. The van der Waals surface area contributed by atoms with Crippen LogP contribution in [0.2, 0.25) is 0 Å². The highest BCUT2D eigenvalue weighted by Gasteiger charge is 2.33. The van der Waals surface area contributed by atoms with Gasteiger partial charge in [0.05, 0.1) is 17.2 Å². The number of nitrogens with one attached hydrogen (secondary N) is 1. The van der Waals surface area contributed by atoms with Crippen LogP contribution in [0.15, 0.2) is 82.2 Å². The molecule has 0 saturated carbocycles. The topological polar surface area (TPSA) is 96.0 Å². The summed E-state index contributed by atoms with van der Waals surface area (Å²) in [6.07, 6.45) is 1.13. The summed E-state index contributed by atoms with van der Waals surface area (Å²) >= 11 is 3.35. The van der Waals surface area contributed by atoms with E-state index >= 15 is 0 Å². The molecular weight excluding hydrogens is 606 g/mol. The van der Waals surface area contributed by atoms with Crippen molar-refractivity contribution in [2.75, 3.05) is 24.0 Å². The third-order valence-corrected chi connectivity index (χ3v) is 8.84. The molecule has 0 spiro atoms. The Kier molecular flexibility index (Phi) is 11.8. The normalized spacial score (nSPS) is 11.9. The van der Waals surface area contributed by atoms with E-state index in [-0.39, 0.29) is 17.3 Å². The number of amides is 2. The largest absolute Gasteiger partial charge is 0.494 e. The maximum atomic E-state index is 14.1. The number of sulfonamides is 1. The molecule has 10 heteroatoms. The molecule has 3 aromatic rings. The van der Waals surface area contributed by atoms with Crippen molar-refractivity contribution in [1.82, 2.24) is 10.2 Å². The molecule has 0 aromatic heterocycles. The van der Waals surface area contributed by atoms with Gasteiger partial charge in [-0.15, -0.1) is 0 Å². The van der Waals surface area contributed by atoms with E-state index in [1.807, 2.05) is 52.0 Å². The van der Waals surface area contributed by atoms with Crippen molar-refractivity contribution >= 4 is 43.5 Å². The van der Waals surface area contributed by atoms with E-state index in [1.54, 1.807) is 36.4 Å². The zero-order valence-electron chi connectivity index (χ0n) is 24.0. The molecule has 8 nitrogen and oxygen atoms in total. The first-order chi connectivity index (χ1) is 19.6. The molecule has 0 aliphatic rings. The predicted molar refractivity (Wildman–Crippen MR) is 165 cm³/mol. The van der Waals surface area contributed by atoms with E-state index in [0.29, 0.717) is 31.0 Å². The van der Waals surface area contributed by atoms with Crippen LogP contribution in [0.25, 0.3) is 0 Å². The molecule has 41 heavy (non-hydrogen) atoms. The first-order valence-electron chi connectivity index (χ1n) is 13.7. The van der Waals surface area contributed by atoms with Crippen molar-refractivity contribution in [3.63, 3.8) is 0 Å². The minimum atomic E-state index is -4.15. The number of ether oxygens (including phenoxy) is 1. The van der Waals surface area contributed by atoms with Gasteiger partial charge in [-0.25, -0.2) is 8.42 Å². The van der Waals surface area contributed by atoms with Crippen LogP contribution in [0.1, 0.15) is 44.7 Å². The number of hydrogen-bond acceptors (Lipinski definition) is 5. The Morgan fingerprint density at radius 1 is 0.927 bits per heavy atom.